The molecule has 1 N–H and O–H groups in total. The highest BCUT2D eigenvalue weighted by molar-refractivity contribution is 6.31. The number of hydrogen-bond acceptors (Lipinski definition) is 5. The van der Waals surface area contributed by atoms with Crippen LogP contribution in [0.1, 0.15) is 10.5 Å². The maximum atomic E-state index is 11.8. The number of non-ortho nitro benzene ring substituents is 1. The van der Waals surface area contributed by atoms with E-state index in [1.54, 1.807) is 0 Å². The number of nitrogens with zero attached hydrogens (tertiary/aromatic N) is 1. The van der Waals surface area contributed by atoms with Gasteiger partial charge in [-0.05, 0) is 6.07 Å². The number of aromatic nitrogens is 1. The summed E-state index contributed by atoms with van der Waals surface area (Å²) in [5, 5.41) is 11.0. The Balaban J connectivity index is 2.89. The second kappa shape index (κ2) is 4.69. The van der Waals surface area contributed by atoms with E-state index in [1.165, 1.54) is 6.07 Å². The number of pyridine rings is 1. The summed E-state index contributed by atoms with van der Waals surface area (Å²) in [6, 6.07) is 3.40. The molecule has 0 aliphatic carbocycles. The molecule has 7 nitrogen and oxygen atoms in total. The van der Waals surface area contributed by atoms with E-state index in [4.69, 9.17) is 11.6 Å². The number of halogens is 1. The van der Waals surface area contributed by atoms with E-state index in [0.717, 1.165) is 19.2 Å². The summed E-state index contributed by atoms with van der Waals surface area (Å²) >= 11 is 5.72. The highest BCUT2D eigenvalue weighted by atomic mass is 35.5. The monoisotopic (exact) mass is 282 g/mol. The zero-order chi connectivity index (χ0) is 14.2. The third kappa shape index (κ3) is 2.27. The Morgan fingerprint density at radius 3 is 2.68 bits per heavy atom. The molecule has 19 heavy (non-hydrogen) atoms. The number of aromatic amines is 1. The van der Waals surface area contributed by atoms with Crippen molar-refractivity contribution in [2.45, 2.75) is 0 Å². The molecular formula is C11H7ClN2O5. The summed E-state index contributed by atoms with van der Waals surface area (Å²) in [6.07, 6.45) is 0. The molecule has 8 heteroatoms. The topological polar surface area (TPSA) is 102 Å². The van der Waals surface area contributed by atoms with Gasteiger partial charge in [0.2, 0.25) is 0 Å². The van der Waals surface area contributed by atoms with Crippen LogP contribution in [-0.2, 0) is 4.74 Å². The van der Waals surface area contributed by atoms with Crippen LogP contribution >= 0.6 is 11.6 Å². The molecule has 2 rings (SSSR count). The Hall–Kier alpha value is -2.41. The second-order valence-electron chi connectivity index (χ2n) is 3.64. The van der Waals surface area contributed by atoms with Crippen molar-refractivity contribution in [2.24, 2.45) is 0 Å². The van der Waals surface area contributed by atoms with Gasteiger partial charge in [0.25, 0.3) is 5.69 Å². The molecule has 0 aliphatic rings. The van der Waals surface area contributed by atoms with Gasteiger partial charge in [-0.15, -0.1) is 0 Å². The third-order valence-corrected chi connectivity index (χ3v) is 2.70. The standard InChI is InChI=1S/C11H7ClN2O5/c1-19-11(16)7-4-9(15)6-2-5(12)3-8(14(17)18)10(6)13-7/h2-4H,1H3,(H,13,15). The van der Waals surface area contributed by atoms with Crippen LogP contribution < -0.4 is 5.43 Å². The van der Waals surface area contributed by atoms with Crippen molar-refractivity contribution < 1.29 is 14.5 Å². The number of H-pyrrole nitrogens is 1. The first-order valence-electron chi connectivity index (χ1n) is 5.03. The molecule has 0 aliphatic heterocycles. The van der Waals surface area contributed by atoms with E-state index >= 15 is 0 Å². The van der Waals surface area contributed by atoms with Crippen LogP contribution in [0.3, 0.4) is 0 Å². The number of ether oxygens (including phenoxy) is 1. The van der Waals surface area contributed by atoms with Crippen molar-refractivity contribution in [3.05, 3.63) is 49.3 Å². The minimum atomic E-state index is -0.789. The van der Waals surface area contributed by atoms with Gasteiger partial charge in [0.15, 0.2) is 5.43 Å². The molecule has 98 valence electrons. The molecule has 0 atom stereocenters. The average Bonchev–Trinajstić information content (AvgIpc) is 2.37. The molecule has 0 amide bonds. The van der Waals surface area contributed by atoms with E-state index in [1.807, 2.05) is 0 Å². The van der Waals surface area contributed by atoms with Gasteiger partial charge in [-0.2, -0.15) is 0 Å². The van der Waals surface area contributed by atoms with Crippen molar-refractivity contribution in [2.75, 3.05) is 7.11 Å². The van der Waals surface area contributed by atoms with Crippen molar-refractivity contribution in [1.29, 1.82) is 0 Å². The summed E-state index contributed by atoms with van der Waals surface area (Å²) in [7, 11) is 1.14. The zero-order valence-electron chi connectivity index (χ0n) is 9.60. The lowest BCUT2D eigenvalue weighted by Gasteiger charge is -2.04. The predicted octanol–water partition coefficient (Wildman–Crippen LogP) is 1.88. The average molecular weight is 283 g/mol. The number of benzene rings is 1. The molecule has 0 saturated heterocycles. The molecule has 0 bridgehead atoms. The number of carbonyl (C=O) groups is 1. The van der Waals surface area contributed by atoms with Crippen LogP contribution in [0.4, 0.5) is 5.69 Å². The summed E-state index contributed by atoms with van der Waals surface area (Å²) in [5.74, 6) is -0.789. The van der Waals surface area contributed by atoms with Crippen LogP contribution in [0.2, 0.25) is 5.02 Å². The Morgan fingerprint density at radius 2 is 2.11 bits per heavy atom. The molecule has 0 saturated carbocycles. The van der Waals surface area contributed by atoms with Gasteiger partial charge in [-0.25, -0.2) is 4.79 Å². The molecule has 1 aromatic heterocycles. The van der Waals surface area contributed by atoms with Gasteiger partial charge in [0, 0.05) is 17.2 Å². The summed E-state index contributed by atoms with van der Waals surface area (Å²) in [6.45, 7) is 0. The largest absolute Gasteiger partial charge is 0.464 e. The van der Waals surface area contributed by atoms with Crippen LogP contribution in [0.25, 0.3) is 10.9 Å². The molecule has 0 fully saturated rings. The summed E-state index contributed by atoms with van der Waals surface area (Å²) in [4.78, 5) is 36.0. The molecular weight excluding hydrogens is 276 g/mol. The molecule has 1 aromatic carbocycles. The quantitative estimate of drug-likeness (QED) is 0.514. The minimum absolute atomic E-state index is 0.0341. The fraction of sp³-hybridized carbons (Fsp3) is 0.0909. The van der Waals surface area contributed by atoms with Gasteiger partial charge in [0.1, 0.15) is 11.2 Å². The van der Waals surface area contributed by atoms with Gasteiger partial charge >= 0.3 is 5.97 Å². The summed E-state index contributed by atoms with van der Waals surface area (Å²) in [5.41, 5.74) is -1.17. The van der Waals surface area contributed by atoms with Crippen molar-refractivity contribution in [1.82, 2.24) is 4.98 Å². The van der Waals surface area contributed by atoms with Crippen molar-refractivity contribution in [3.8, 4) is 0 Å². The number of carbonyl (C=O) groups excluding carboxylic acids is 1. The number of nitro groups is 1. The van der Waals surface area contributed by atoms with Crippen LogP contribution in [0.5, 0.6) is 0 Å². The van der Waals surface area contributed by atoms with Crippen molar-refractivity contribution >= 4 is 34.2 Å². The molecule has 0 radical (unpaired) electrons. The molecule has 1 heterocycles. The number of nitro benzene ring substituents is 1. The number of fused-ring (bicyclic) bond motifs is 1. The zero-order valence-corrected chi connectivity index (χ0v) is 10.4. The Morgan fingerprint density at radius 1 is 1.42 bits per heavy atom. The SMILES string of the molecule is COC(=O)c1cc(=O)c2cc(Cl)cc([N+](=O)[O-])c2[nH]1. The van der Waals surface area contributed by atoms with E-state index in [9.17, 15) is 19.7 Å². The maximum absolute atomic E-state index is 11.8. The number of rotatable bonds is 2. The van der Waals surface area contributed by atoms with Gasteiger partial charge in [-0.3, -0.25) is 14.9 Å². The Kier molecular flexibility index (Phi) is 3.22. The number of methoxy groups -OCH3 is 1. The van der Waals surface area contributed by atoms with Crippen LogP contribution in [0.15, 0.2) is 23.0 Å². The minimum Gasteiger partial charge on any atom is -0.464 e. The van der Waals surface area contributed by atoms with E-state index in [0.29, 0.717) is 0 Å². The van der Waals surface area contributed by atoms with Crippen molar-refractivity contribution in [3.63, 3.8) is 0 Å². The molecule has 0 spiro atoms. The predicted molar refractivity (Wildman–Crippen MR) is 67.6 cm³/mol. The number of esters is 1. The fourth-order valence-electron chi connectivity index (χ4n) is 1.66. The number of nitrogens with one attached hydrogen (secondary N) is 1. The lowest BCUT2D eigenvalue weighted by molar-refractivity contribution is -0.383. The first-order chi connectivity index (χ1) is 8.93. The van der Waals surface area contributed by atoms with E-state index in [2.05, 4.69) is 9.72 Å². The first kappa shape index (κ1) is 13.0. The van der Waals surface area contributed by atoms with Gasteiger partial charge in [0.05, 0.1) is 17.4 Å². The number of hydrogen-bond donors (Lipinski definition) is 1. The lowest BCUT2D eigenvalue weighted by Crippen LogP contribution is -2.12. The molecule has 0 unspecified atom stereocenters. The highest BCUT2D eigenvalue weighted by Gasteiger charge is 2.18. The first-order valence-corrected chi connectivity index (χ1v) is 5.41. The van der Waals surface area contributed by atoms with Crippen LogP contribution in [0, 0.1) is 10.1 Å². The second-order valence-corrected chi connectivity index (χ2v) is 4.08. The lowest BCUT2D eigenvalue weighted by atomic mass is 10.1. The Bertz CT molecular complexity index is 753. The van der Waals surface area contributed by atoms with Crippen LogP contribution in [-0.4, -0.2) is 23.0 Å². The van der Waals surface area contributed by atoms with E-state index < -0.39 is 16.3 Å². The fourth-order valence-corrected chi connectivity index (χ4v) is 1.87. The highest BCUT2D eigenvalue weighted by Crippen LogP contribution is 2.26. The smallest absolute Gasteiger partial charge is 0.354 e. The molecule has 2 aromatic rings. The normalized spacial score (nSPS) is 10.4. The summed E-state index contributed by atoms with van der Waals surface area (Å²) < 4.78 is 4.46. The van der Waals surface area contributed by atoms with E-state index in [-0.39, 0.29) is 27.3 Å². The third-order valence-electron chi connectivity index (χ3n) is 2.48. The Labute approximate surface area is 110 Å². The van der Waals surface area contributed by atoms with Gasteiger partial charge < -0.3 is 9.72 Å². The maximum Gasteiger partial charge on any atom is 0.354 e. The van der Waals surface area contributed by atoms with Gasteiger partial charge in [-0.1, -0.05) is 11.6 Å².